The normalized spacial score (nSPS) is 11.0. The molecule has 7 nitrogen and oxygen atoms in total. The van der Waals surface area contributed by atoms with Gasteiger partial charge in [0.15, 0.2) is 11.6 Å². The summed E-state index contributed by atoms with van der Waals surface area (Å²) in [6.45, 7) is 1.34. The highest BCUT2D eigenvalue weighted by molar-refractivity contribution is 6.34. The van der Waals surface area contributed by atoms with Crippen LogP contribution in [0.25, 0.3) is 22.3 Å². The number of nitrogens with one attached hydrogen (secondary N) is 1. The monoisotopic (exact) mass is 518 g/mol. The van der Waals surface area contributed by atoms with Gasteiger partial charge >= 0.3 is 0 Å². The largest absolute Gasteiger partial charge is 0.382 e. The molecular formula is C24H19ClF4N6O. The summed E-state index contributed by atoms with van der Waals surface area (Å²) in [5.74, 6) is -0.948. The van der Waals surface area contributed by atoms with Crippen LogP contribution in [0, 0.1) is 23.0 Å². The van der Waals surface area contributed by atoms with Gasteiger partial charge in [-0.1, -0.05) is 11.6 Å². The highest BCUT2D eigenvalue weighted by atomic mass is 35.5. The van der Waals surface area contributed by atoms with Crippen molar-refractivity contribution >= 4 is 28.3 Å². The van der Waals surface area contributed by atoms with E-state index < -0.39 is 24.2 Å². The summed E-state index contributed by atoms with van der Waals surface area (Å²) >= 11 is 6.32. The van der Waals surface area contributed by atoms with Crippen LogP contribution in [0.2, 0.25) is 5.02 Å². The molecule has 0 bridgehead atoms. The van der Waals surface area contributed by atoms with Crippen LogP contribution in [0.5, 0.6) is 0 Å². The van der Waals surface area contributed by atoms with Crippen LogP contribution in [0.15, 0.2) is 42.9 Å². The van der Waals surface area contributed by atoms with Crippen LogP contribution in [0.4, 0.5) is 23.2 Å². The minimum Gasteiger partial charge on any atom is -0.382 e. The van der Waals surface area contributed by atoms with E-state index in [4.69, 9.17) is 16.9 Å². The number of nitriles is 1. The maximum absolute atomic E-state index is 14.8. The van der Waals surface area contributed by atoms with Gasteiger partial charge in [0.25, 0.3) is 0 Å². The molecule has 3 heterocycles. The van der Waals surface area contributed by atoms with Crippen molar-refractivity contribution in [3.63, 3.8) is 0 Å². The maximum atomic E-state index is 14.8. The molecule has 3 aromatic heterocycles. The summed E-state index contributed by atoms with van der Waals surface area (Å²) in [6, 6.07) is 7.20. The third-order valence-corrected chi connectivity index (χ3v) is 5.14. The molecular weight excluding hydrogens is 500 g/mol. The molecule has 0 fully saturated rings. The zero-order valence-electron chi connectivity index (χ0n) is 19.0. The summed E-state index contributed by atoms with van der Waals surface area (Å²) in [6.07, 6.45) is 4.08. The quantitative estimate of drug-likeness (QED) is 0.330. The van der Waals surface area contributed by atoms with Crippen molar-refractivity contribution in [3.8, 4) is 17.3 Å². The number of benzene rings is 1. The Morgan fingerprint density at radius 1 is 1.06 bits per heavy atom. The molecule has 36 heavy (non-hydrogen) atoms. The Labute approximate surface area is 208 Å². The Bertz CT molecular complexity index is 1420. The third kappa shape index (κ3) is 6.02. The Morgan fingerprint density at radius 2 is 1.72 bits per heavy atom. The van der Waals surface area contributed by atoms with Crippen molar-refractivity contribution in [2.45, 2.75) is 26.0 Å². The first kappa shape index (κ1) is 26.7. The number of rotatable bonds is 5. The van der Waals surface area contributed by atoms with Crippen molar-refractivity contribution in [3.05, 3.63) is 76.5 Å². The molecule has 4 aromatic rings. The first-order valence-electron chi connectivity index (χ1n) is 10.3. The lowest BCUT2D eigenvalue weighted by molar-refractivity contribution is 0.0687. The molecule has 12 heteroatoms. The van der Waals surface area contributed by atoms with Gasteiger partial charge in [-0.2, -0.15) is 5.26 Å². The lowest BCUT2D eigenvalue weighted by Crippen LogP contribution is -2.19. The standard InChI is InChI=1S/C23H17ClF2N6O.CH2F2/c1-23(2,33)22-30-9-14(10-31-22)19-17(26)6-18-21(32-19)20(15(24)11-28-18)29-8-13-5-12(7-27)3-4-16(13)25;2-1-3/h3-6,9-11,33H,8H2,1-2H3,(H,28,29);1H2. The van der Waals surface area contributed by atoms with Crippen LogP contribution >= 0.6 is 11.6 Å². The number of nitrogens with zero attached hydrogens (tertiary/aromatic N) is 5. The highest BCUT2D eigenvalue weighted by Crippen LogP contribution is 2.32. The number of hydrogen-bond donors (Lipinski definition) is 2. The number of aromatic nitrogens is 4. The predicted octanol–water partition coefficient (Wildman–Crippen LogP) is 5.61. The smallest absolute Gasteiger partial charge is 0.229 e. The zero-order valence-corrected chi connectivity index (χ0v) is 19.8. The van der Waals surface area contributed by atoms with Crippen LogP contribution in [-0.4, -0.2) is 32.0 Å². The SMILES string of the molecule is CC(C)(O)c1ncc(-c2nc3c(NCc4cc(C#N)ccc4F)c(Cl)cnc3cc2F)cn1.FCF. The van der Waals surface area contributed by atoms with Crippen LogP contribution < -0.4 is 5.32 Å². The molecule has 1 aromatic carbocycles. The van der Waals surface area contributed by atoms with E-state index in [0.29, 0.717) is 16.8 Å². The second kappa shape index (κ2) is 11.2. The average molecular weight is 519 g/mol. The van der Waals surface area contributed by atoms with Gasteiger partial charge in [-0.15, -0.1) is 0 Å². The summed E-state index contributed by atoms with van der Waals surface area (Å²) in [4.78, 5) is 16.7. The van der Waals surface area contributed by atoms with E-state index >= 15 is 0 Å². The summed E-state index contributed by atoms with van der Waals surface area (Å²) in [5.41, 5.74) is 0.421. The fourth-order valence-corrected chi connectivity index (χ4v) is 3.37. The van der Waals surface area contributed by atoms with Crippen molar-refractivity contribution in [2.24, 2.45) is 0 Å². The molecule has 0 saturated carbocycles. The van der Waals surface area contributed by atoms with Gasteiger partial charge in [-0.05, 0) is 32.0 Å². The Morgan fingerprint density at radius 3 is 2.33 bits per heavy atom. The number of anilines is 1. The van der Waals surface area contributed by atoms with Crippen molar-refractivity contribution < 1.29 is 22.7 Å². The second-order valence-electron chi connectivity index (χ2n) is 7.89. The first-order chi connectivity index (χ1) is 17.1. The van der Waals surface area contributed by atoms with Gasteiger partial charge in [0.2, 0.25) is 6.93 Å². The Hall–Kier alpha value is -3.88. The molecule has 0 aliphatic carbocycles. The molecule has 2 N–H and O–H groups in total. The molecule has 186 valence electrons. The molecule has 0 atom stereocenters. The second-order valence-corrected chi connectivity index (χ2v) is 8.30. The molecule has 0 spiro atoms. The van der Waals surface area contributed by atoms with E-state index in [1.165, 1.54) is 56.7 Å². The lowest BCUT2D eigenvalue weighted by Gasteiger charge is -2.15. The van der Waals surface area contributed by atoms with E-state index in [0.717, 1.165) is 0 Å². The van der Waals surface area contributed by atoms with Gasteiger partial charge in [0.1, 0.15) is 22.6 Å². The predicted molar refractivity (Wildman–Crippen MR) is 126 cm³/mol. The summed E-state index contributed by atoms with van der Waals surface area (Å²) in [5, 5.41) is 22.3. The third-order valence-electron chi connectivity index (χ3n) is 4.85. The fraction of sp³-hybridized carbons (Fsp3) is 0.208. The van der Waals surface area contributed by atoms with Gasteiger partial charge in [-0.25, -0.2) is 32.5 Å². The minimum atomic E-state index is -1.75. The zero-order chi connectivity index (χ0) is 26.5. The van der Waals surface area contributed by atoms with Gasteiger partial charge in [0, 0.05) is 42.3 Å². The van der Waals surface area contributed by atoms with Crippen molar-refractivity contribution in [1.82, 2.24) is 19.9 Å². The van der Waals surface area contributed by atoms with Crippen molar-refractivity contribution in [2.75, 3.05) is 12.2 Å². The molecule has 0 amide bonds. The van der Waals surface area contributed by atoms with E-state index in [2.05, 4.69) is 25.3 Å². The van der Waals surface area contributed by atoms with E-state index in [1.54, 1.807) is 0 Å². The maximum Gasteiger partial charge on any atom is 0.229 e. The summed E-state index contributed by atoms with van der Waals surface area (Å²) < 4.78 is 48.3. The topological polar surface area (TPSA) is 108 Å². The molecule has 0 saturated heterocycles. The van der Waals surface area contributed by atoms with Crippen molar-refractivity contribution in [1.29, 1.82) is 5.26 Å². The number of alkyl halides is 2. The first-order valence-corrected chi connectivity index (χ1v) is 10.7. The van der Waals surface area contributed by atoms with Crippen LogP contribution in [-0.2, 0) is 12.1 Å². The van der Waals surface area contributed by atoms with E-state index in [1.807, 2.05) is 6.07 Å². The van der Waals surface area contributed by atoms with Gasteiger partial charge < -0.3 is 10.4 Å². The van der Waals surface area contributed by atoms with Crippen LogP contribution in [0.1, 0.15) is 30.8 Å². The number of pyridine rings is 2. The van der Waals surface area contributed by atoms with Crippen LogP contribution in [0.3, 0.4) is 0 Å². The number of fused-ring (bicyclic) bond motifs is 1. The number of aliphatic hydroxyl groups is 1. The average Bonchev–Trinajstić information content (AvgIpc) is 2.84. The van der Waals surface area contributed by atoms with E-state index in [9.17, 15) is 22.7 Å². The minimum absolute atomic E-state index is 0.0119. The fourth-order valence-electron chi connectivity index (χ4n) is 3.17. The number of hydrogen-bond acceptors (Lipinski definition) is 7. The highest BCUT2D eigenvalue weighted by Gasteiger charge is 2.21. The number of halogens is 5. The molecule has 0 aliphatic heterocycles. The molecule has 4 rings (SSSR count). The molecule has 0 aliphatic rings. The lowest BCUT2D eigenvalue weighted by atomic mass is 10.1. The van der Waals surface area contributed by atoms with E-state index in [-0.39, 0.29) is 39.7 Å². The molecule has 0 radical (unpaired) electrons. The Balaban J connectivity index is 0.00000115. The van der Waals surface area contributed by atoms with Gasteiger partial charge in [0.05, 0.1) is 27.9 Å². The van der Waals surface area contributed by atoms with Gasteiger partial charge in [-0.3, -0.25) is 4.98 Å². The molecule has 0 unspecified atom stereocenters. The summed E-state index contributed by atoms with van der Waals surface area (Å²) in [7, 11) is 0. The Kier molecular flexibility index (Phi) is 8.34.